The molecule has 0 aliphatic carbocycles. The number of piperidine rings is 1. The fourth-order valence-corrected chi connectivity index (χ4v) is 2.81. The molecule has 2 heterocycles. The number of aliphatic hydroxyl groups is 1. The van der Waals surface area contributed by atoms with E-state index >= 15 is 0 Å². The Morgan fingerprint density at radius 2 is 2.28 bits per heavy atom. The summed E-state index contributed by atoms with van der Waals surface area (Å²) >= 11 is 1.02. The van der Waals surface area contributed by atoms with E-state index in [-0.39, 0.29) is 5.92 Å². The number of likely N-dealkylation sites (tertiary alicyclic amines) is 1. The molecule has 1 aromatic heterocycles. The lowest BCUT2D eigenvalue weighted by Crippen LogP contribution is -2.42. The molecular formula is C11H15F3N2OS. The Hall–Kier alpha value is -0.660. The predicted molar refractivity (Wildman–Crippen MR) is 62.2 cm³/mol. The molecule has 1 saturated heterocycles. The Kier molecular flexibility index (Phi) is 3.93. The number of thiazole rings is 1. The molecule has 3 nitrogen and oxygen atoms in total. The van der Waals surface area contributed by atoms with Crippen LogP contribution in [0.5, 0.6) is 0 Å². The molecule has 0 saturated carbocycles. The van der Waals surface area contributed by atoms with Crippen LogP contribution in [0.4, 0.5) is 13.2 Å². The highest BCUT2D eigenvalue weighted by atomic mass is 32.1. The van der Waals surface area contributed by atoms with E-state index in [2.05, 4.69) is 4.98 Å². The molecule has 0 spiro atoms. The summed E-state index contributed by atoms with van der Waals surface area (Å²) in [4.78, 5) is 5.54. The molecule has 0 amide bonds. The minimum atomic E-state index is -4.37. The number of rotatable bonds is 2. The summed E-state index contributed by atoms with van der Waals surface area (Å²) in [6.07, 6.45) is -3.91. The third-order valence-corrected chi connectivity index (χ3v) is 4.04. The molecule has 1 aromatic rings. The van der Waals surface area contributed by atoms with Crippen LogP contribution in [0.3, 0.4) is 0 Å². The summed E-state index contributed by atoms with van der Waals surface area (Å²) < 4.78 is 37.2. The first kappa shape index (κ1) is 13.8. The summed E-state index contributed by atoms with van der Waals surface area (Å²) in [5.74, 6) is 0.253. The van der Waals surface area contributed by atoms with Crippen LogP contribution in [-0.4, -0.2) is 34.2 Å². The zero-order chi connectivity index (χ0) is 13.3. The Labute approximate surface area is 107 Å². The van der Waals surface area contributed by atoms with Crippen molar-refractivity contribution < 1.29 is 18.3 Å². The monoisotopic (exact) mass is 280 g/mol. The number of nitrogens with zero attached hydrogens (tertiary/aromatic N) is 2. The van der Waals surface area contributed by atoms with Crippen molar-refractivity contribution in [2.24, 2.45) is 5.92 Å². The largest absolute Gasteiger partial charge is 0.434 e. The van der Waals surface area contributed by atoms with Crippen LogP contribution in [0.1, 0.15) is 24.0 Å². The molecule has 18 heavy (non-hydrogen) atoms. The van der Waals surface area contributed by atoms with Gasteiger partial charge in [-0.25, -0.2) is 4.98 Å². The highest BCUT2D eigenvalue weighted by molar-refractivity contribution is 7.09. The van der Waals surface area contributed by atoms with Gasteiger partial charge in [-0.15, -0.1) is 11.3 Å². The molecular weight excluding hydrogens is 265 g/mol. The topological polar surface area (TPSA) is 36.4 Å². The molecule has 0 aromatic carbocycles. The van der Waals surface area contributed by atoms with Crippen molar-refractivity contribution >= 4 is 11.3 Å². The number of alkyl halides is 3. The van der Waals surface area contributed by atoms with E-state index in [0.717, 1.165) is 29.7 Å². The van der Waals surface area contributed by atoms with Crippen molar-refractivity contribution in [3.63, 3.8) is 0 Å². The summed E-state index contributed by atoms with van der Waals surface area (Å²) in [5.41, 5.74) is -0.826. The van der Waals surface area contributed by atoms with Gasteiger partial charge in [0.15, 0.2) is 5.69 Å². The third kappa shape index (κ3) is 3.21. The van der Waals surface area contributed by atoms with Crippen molar-refractivity contribution in [2.45, 2.75) is 32.2 Å². The number of hydrogen-bond acceptors (Lipinski definition) is 4. The minimum absolute atomic E-state index is 0.253. The number of hydrogen-bond donors (Lipinski definition) is 1. The number of β-amino-alcohol motifs (C(OH)–C–C–N with tert-alkyl or cyclic N) is 1. The van der Waals surface area contributed by atoms with E-state index < -0.39 is 18.0 Å². The van der Waals surface area contributed by atoms with E-state index in [1.807, 2.05) is 11.8 Å². The molecule has 0 radical (unpaired) electrons. The molecule has 1 N–H and O–H groups in total. The fourth-order valence-electron chi connectivity index (χ4n) is 1.96. The molecule has 1 aliphatic heterocycles. The predicted octanol–water partition coefficient (Wildman–Crippen LogP) is 2.36. The maximum absolute atomic E-state index is 12.4. The van der Waals surface area contributed by atoms with E-state index in [1.54, 1.807) is 0 Å². The first-order valence-corrected chi connectivity index (χ1v) is 6.66. The summed E-state index contributed by atoms with van der Waals surface area (Å²) in [6, 6.07) is 0. The van der Waals surface area contributed by atoms with Crippen LogP contribution in [0.2, 0.25) is 0 Å². The van der Waals surface area contributed by atoms with Gasteiger partial charge in [-0.2, -0.15) is 13.2 Å². The highest BCUT2D eigenvalue weighted by Crippen LogP contribution is 2.30. The van der Waals surface area contributed by atoms with Gasteiger partial charge < -0.3 is 5.11 Å². The van der Waals surface area contributed by atoms with Crippen LogP contribution < -0.4 is 0 Å². The zero-order valence-corrected chi connectivity index (χ0v) is 10.8. The van der Waals surface area contributed by atoms with Gasteiger partial charge in [0.2, 0.25) is 0 Å². The second-order valence-corrected chi connectivity index (χ2v) is 5.64. The van der Waals surface area contributed by atoms with E-state index in [9.17, 15) is 18.3 Å². The van der Waals surface area contributed by atoms with Crippen molar-refractivity contribution in [2.75, 3.05) is 13.1 Å². The molecule has 2 rings (SSSR count). The third-order valence-electron chi connectivity index (χ3n) is 3.20. The van der Waals surface area contributed by atoms with Crippen LogP contribution in [0.25, 0.3) is 0 Å². The first-order chi connectivity index (χ1) is 8.36. The van der Waals surface area contributed by atoms with E-state index in [0.29, 0.717) is 18.1 Å². The zero-order valence-electron chi connectivity index (χ0n) is 9.94. The van der Waals surface area contributed by atoms with Gasteiger partial charge in [0.05, 0.1) is 12.6 Å². The maximum atomic E-state index is 12.4. The Bertz CT molecular complexity index is 407. The maximum Gasteiger partial charge on any atom is 0.434 e. The van der Waals surface area contributed by atoms with Gasteiger partial charge in [0.1, 0.15) is 5.01 Å². The van der Waals surface area contributed by atoms with Crippen molar-refractivity contribution in [1.29, 1.82) is 0 Å². The van der Waals surface area contributed by atoms with Gasteiger partial charge >= 0.3 is 6.18 Å². The van der Waals surface area contributed by atoms with Crippen LogP contribution in [0, 0.1) is 5.92 Å². The van der Waals surface area contributed by atoms with Crippen molar-refractivity contribution in [3.05, 3.63) is 16.1 Å². The van der Waals surface area contributed by atoms with Gasteiger partial charge in [-0.1, -0.05) is 6.92 Å². The van der Waals surface area contributed by atoms with Crippen LogP contribution in [0.15, 0.2) is 5.38 Å². The smallest absolute Gasteiger partial charge is 0.392 e. The molecule has 0 bridgehead atoms. The lowest BCUT2D eigenvalue weighted by molar-refractivity contribution is -0.140. The molecule has 2 unspecified atom stereocenters. The number of aliphatic hydroxyl groups excluding tert-OH is 1. The van der Waals surface area contributed by atoms with Gasteiger partial charge in [0, 0.05) is 11.9 Å². The molecule has 2 atom stereocenters. The molecule has 7 heteroatoms. The van der Waals surface area contributed by atoms with Crippen molar-refractivity contribution in [1.82, 2.24) is 9.88 Å². The number of aromatic nitrogens is 1. The minimum Gasteiger partial charge on any atom is -0.392 e. The van der Waals surface area contributed by atoms with Crippen LogP contribution in [-0.2, 0) is 12.7 Å². The first-order valence-electron chi connectivity index (χ1n) is 5.78. The van der Waals surface area contributed by atoms with E-state index in [4.69, 9.17) is 0 Å². The van der Waals surface area contributed by atoms with E-state index in [1.165, 1.54) is 0 Å². The summed E-state index contributed by atoms with van der Waals surface area (Å²) in [7, 11) is 0. The molecule has 1 fully saturated rings. The summed E-state index contributed by atoms with van der Waals surface area (Å²) in [6.45, 7) is 3.65. The summed E-state index contributed by atoms with van der Waals surface area (Å²) in [5, 5.41) is 11.2. The van der Waals surface area contributed by atoms with Gasteiger partial charge in [-0.3, -0.25) is 4.90 Å². The molecule has 1 aliphatic rings. The Morgan fingerprint density at radius 3 is 2.83 bits per heavy atom. The lowest BCUT2D eigenvalue weighted by atomic mass is 9.96. The highest BCUT2D eigenvalue weighted by Gasteiger charge is 2.34. The normalized spacial score (nSPS) is 26.5. The lowest BCUT2D eigenvalue weighted by Gasteiger charge is -2.33. The Morgan fingerprint density at radius 1 is 1.56 bits per heavy atom. The Balaban J connectivity index is 1.96. The van der Waals surface area contributed by atoms with Gasteiger partial charge in [0.25, 0.3) is 0 Å². The second-order valence-electron chi connectivity index (χ2n) is 4.69. The van der Waals surface area contributed by atoms with Gasteiger partial charge in [-0.05, 0) is 18.9 Å². The SMILES string of the molecule is CC1CCN(Cc2nc(C(F)(F)F)cs2)CC1O. The quantitative estimate of drug-likeness (QED) is 0.903. The second kappa shape index (κ2) is 5.14. The fraction of sp³-hybridized carbons (Fsp3) is 0.727. The average molecular weight is 280 g/mol. The number of halogens is 3. The average Bonchev–Trinajstić information content (AvgIpc) is 2.72. The van der Waals surface area contributed by atoms with Crippen molar-refractivity contribution in [3.8, 4) is 0 Å². The van der Waals surface area contributed by atoms with Crippen LogP contribution >= 0.6 is 11.3 Å². The molecule has 102 valence electrons. The standard InChI is InChI=1S/C11H15F3N2OS/c1-7-2-3-16(4-8(7)17)5-10-15-9(6-18-10)11(12,13)14/h6-8,17H,2-5H2,1H3.